The maximum absolute atomic E-state index is 12.2. The van der Waals surface area contributed by atoms with Crippen LogP contribution in [0, 0.1) is 58.2 Å². The summed E-state index contributed by atoms with van der Waals surface area (Å²) < 4.78 is 5.78. The number of allylic oxidation sites excluding steroid dienone is 1. The summed E-state index contributed by atoms with van der Waals surface area (Å²) in [6.07, 6.45) is 16.5. The number of hydrogen-bond acceptors (Lipinski definition) is 2. The molecule has 4 aliphatic rings. The van der Waals surface area contributed by atoms with E-state index >= 15 is 0 Å². The van der Waals surface area contributed by atoms with E-state index in [4.69, 9.17) is 4.74 Å². The van der Waals surface area contributed by atoms with Gasteiger partial charge in [0, 0.05) is 6.42 Å². The van der Waals surface area contributed by atoms with Crippen LogP contribution < -0.4 is 5.32 Å². The Bertz CT molecular complexity index is 849. The summed E-state index contributed by atoms with van der Waals surface area (Å²) >= 11 is 0. The van der Waals surface area contributed by atoms with Crippen molar-refractivity contribution in [2.45, 2.75) is 118 Å². The molecular formula is C32H51NO2. The van der Waals surface area contributed by atoms with Gasteiger partial charge in [-0.2, -0.15) is 0 Å². The number of carbonyl (C=O) groups excluding carboxylic acids is 1. The smallest absolute Gasteiger partial charge is 0.408 e. The maximum Gasteiger partial charge on any atom is 0.408 e. The van der Waals surface area contributed by atoms with Gasteiger partial charge in [-0.15, -0.1) is 5.92 Å². The van der Waals surface area contributed by atoms with E-state index in [0.717, 1.165) is 54.8 Å². The highest BCUT2D eigenvalue weighted by atomic mass is 16.6. The first-order chi connectivity index (χ1) is 16.7. The lowest BCUT2D eigenvalue weighted by Crippen LogP contribution is -2.51. The standard InChI is InChI=1S/C32H51NO2/c1-7-8-20-33-30(34)35-25-16-18-31(5)24(21-25)12-13-26-28-15-14-27(23(4)11-9-10-22(2)3)32(28,6)19-17-29(26)31/h12,22-23,25-29H,9-11,13-21H2,1-6H3,(H,33,34)/t23?,25?,26-,27+,28-,29-,31-,32+/m0/s1. The van der Waals surface area contributed by atoms with Gasteiger partial charge in [-0.05, 0) is 98.2 Å². The number of rotatable bonds is 7. The third kappa shape index (κ3) is 5.33. The minimum Gasteiger partial charge on any atom is -0.446 e. The molecule has 35 heavy (non-hydrogen) atoms. The normalized spacial score (nSPS) is 38.8. The van der Waals surface area contributed by atoms with Crippen molar-refractivity contribution >= 4 is 6.09 Å². The van der Waals surface area contributed by atoms with Crippen LogP contribution in [0.1, 0.15) is 112 Å². The Morgan fingerprint density at radius 3 is 2.66 bits per heavy atom. The number of hydrogen-bond donors (Lipinski definition) is 1. The zero-order chi connectivity index (χ0) is 25.2. The van der Waals surface area contributed by atoms with Crippen molar-refractivity contribution in [3.8, 4) is 11.8 Å². The molecule has 0 bridgehead atoms. The van der Waals surface area contributed by atoms with E-state index in [1.165, 1.54) is 51.4 Å². The molecule has 0 aromatic heterocycles. The number of carbonyl (C=O) groups is 1. The first-order valence-electron chi connectivity index (χ1n) is 14.7. The Hall–Kier alpha value is -1.43. The molecule has 0 aromatic rings. The number of amides is 1. The van der Waals surface area contributed by atoms with Gasteiger partial charge in [-0.3, -0.25) is 0 Å². The molecule has 8 atom stereocenters. The van der Waals surface area contributed by atoms with E-state index in [0.29, 0.717) is 17.4 Å². The number of ether oxygens (including phenoxy) is 1. The fourth-order valence-electron chi connectivity index (χ4n) is 9.15. The zero-order valence-corrected chi connectivity index (χ0v) is 23.4. The summed E-state index contributed by atoms with van der Waals surface area (Å²) in [5.74, 6) is 10.9. The molecule has 0 radical (unpaired) electrons. The Morgan fingerprint density at radius 1 is 1.11 bits per heavy atom. The van der Waals surface area contributed by atoms with Crippen molar-refractivity contribution in [2.24, 2.45) is 46.3 Å². The third-order valence-corrected chi connectivity index (χ3v) is 11.0. The summed E-state index contributed by atoms with van der Waals surface area (Å²) in [5, 5.41) is 2.76. The van der Waals surface area contributed by atoms with Crippen LogP contribution >= 0.6 is 0 Å². The minimum absolute atomic E-state index is 0.0110. The van der Waals surface area contributed by atoms with Crippen LogP contribution in [0.2, 0.25) is 0 Å². The molecule has 0 spiro atoms. The maximum atomic E-state index is 12.2. The van der Waals surface area contributed by atoms with E-state index in [-0.39, 0.29) is 12.2 Å². The van der Waals surface area contributed by atoms with Crippen LogP contribution in [-0.4, -0.2) is 18.7 Å². The molecule has 0 aromatic carbocycles. The molecule has 4 aliphatic carbocycles. The highest BCUT2D eigenvalue weighted by Gasteiger charge is 2.59. The Balaban J connectivity index is 1.40. The fraction of sp³-hybridized carbons (Fsp3) is 0.844. The quantitative estimate of drug-likeness (QED) is 0.294. The summed E-state index contributed by atoms with van der Waals surface area (Å²) in [7, 11) is 0. The van der Waals surface area contributed by atoms with E-state index < -0.39 is 0 Å². The predicted molar refractivity (Wildman–Crippen MR) is 145 cm³/mol. The van der Waals surface area contributed by atoms with Gasteiger partial charge in [-0.25, -0.2) is 4.79 Å². The Labute approximate surface area is 215 Å². The lowest BCUT2D eigenvalue weighted by molar-refractivity contribution is -0.0581. The SMILES string of the molecule is CC#CCNC(=O)OC1CC[C@@]2(C)C(=CC[C@H]3[C@@H]4CC[C@H](C(C)CCCC(C)C)[C@@]4(C)CC[C@@H]32)C1. The van der Waals surface area contributed by atoms with Crippen molar-refractivity contribution in [2.75, 3.05) is 6.54 Å². The van der Waals surface area contributed by atoms with Gasteiger partial charge in [0.2, 0.25) is 0 Å². The molecular weight excluding hydrogens is 430 g/mol. The third-order valence-electron chi connectivity index (χ3n) is 11.0. The van der Waals surface area contributed by atoms with Crippen LogP contribution in [0.15, 0.2) is 11.6 Å². The van der Waals surface area contributed by atoms with Crippen molar-refractivity contribution in [3.05, 3.63) is 11.6 Å². The van der Waals surface area contributed by atoms with Gasteiger partial charge < -0.3 is 10.1 Å². The van der Waals surface area contributed by atoms with Crippen LogP contribution in [0.25, 0.3) is 0 Å². The van der Waals surface area contributed by atoms with Crippen LogP contribution in [-0.2, 0) is 4.74 Å². The first-order valence-corrected chi connectivity index (χ1v) is 14.7. The van der Waals surface area contributed by atoms with Crippen LogP contribution in [0.3, 0.4) is 0 Å². The molecule has 3 nitrogen and oxygen atoms in total. The molecule has 1 amide bonds. The Morgan fingerprint density at radius 2 is 1.91 bits per heavy atom. The van der Waals surface area contributed by atoms with Gasteiger partial charge in [0.05, 0.1) is 6.54 Å². The van der Waals surface area contributed by atoms with E-state index in [9.17, 15) is 4.79 Å². The fourth-order valence-corrected chi connectivity index (χ4v) is 9.15. The number of fused-ring (bicyclic) bond motifs is 5. The minimum atomic E-state index is -0.316. The number of alkyl carbamates (subject to hydrolysis) is 1. The van der Waals surface area contributed by atoms with E-state index in [2.05, 4.69) is 57.9 Å². The molecule has 3 heteroatoms. The van der Waals surface area contributed by atoms with E-state index in [1.807, 2.05) is 0 Å². The van der Waals surface area contributed by atoms with Gasteiger partial charge in [0.1, 0.15) is 6.10 Å². The second-order valence-corrected chi connectivity index (χ2v) is 13.3. The molecule has 2 unspecified atom stereocenters. The van der Waals surface area contributed by atoms with Gasteiger partial charge in [0.15, 0.2) is 0 Å². The molecule has 1 N–H and O–H groups in total. The topological polar surface area (TPSA) is 38.3 Å². The summed E-state index contributed by atoms with van der Waals surface area (Å²) in [4.78, 5) is 12.2. The summed E-state index contributed by atoms with van der Waals surface area (Å²) in [6.45, 7) is 14.7. The highest BCUT2D eigenvalue weighted by molar-refractivity contribution is 5.67. The monoisotopic (exact) mass is 481 g/mol. The molecule has 0 saturated heterocycles. The molecule has 196 valence electrons. The largest absolute Gasteiger partial charge is 0.446 e. The summed E-state index contributed by atoms with van der Waals surface area (Å²) in [5.41, 5.74) is 2.42. The van der Waals surface area contributed by atoms with Crippen LogP contribution in [0.4, 0.5) is 4.79 Å². The highest BCUT2D eigenvalue weighted by Crippen LogP contribution is 2.67. The molecule has 0 aliphatic heterocycles. The van der Waals surface area contributed by atoms with Gasteiger partial charge in [0.25, 0.3) is 0 Å². The second kappa shape index (κ2) is 10.9. The van der Waals surface area contributed by atoms with Crippen molar-refractivity contribution in [1.82, 2.24) is 5.32 Å². The van der Waals surface area contributed by atoms with Gasteiger partial charge in [-0.1, -0.05) is 71.5 Å². The average Bonchev–Trinajstić information content (AvgIpc) is 3.16. The zero-order valence-electron chi connectivity index (χ0n) is 23.4. The van der Waals surface area contributed by atoms with Gasteiger partial charge >= 0.3 is 6.09 Å². The second-order valence-electron chi connectivity index (χ2n) is 13.3. The van der Waals surface area contributed by atoms with Crippen LogP contribution in [0.5, 0.6) is 0 Å². The van der Waals surface area contributed by atoms with E-state index in [1.54, 1.807) is 12.5 Å². The summed E-state index contributed by atoms with van der Waals surface area (Å²) in [6, 6.07) is 0. The van der Waals surface area contributed by atoms with Crippen molar-refractivity contribution in [1.29, 1.82) is 0 Å². The molecule has 0 heterocycles. The lowest BCUT2D eigenvalue weighted by atomic mass is 9.47. The van der Waals surface area contributed by atoms with Crippen molar-refractivity contribution in [3.63, 3.8) is 0 Å². The number of nitrogens with one attached hydrogen (secondary N) is 1. The molecule has 4 rings (SSSR count). The molecule has 3 fully saturated rings. The average molecular weight is 482 g/mol. The first kappa shape index (κ1) is 26.6. The Kier molecular flexibility index (Phi) is 8.29. The lowest BCUT2D eigenvalue weighted by Gasteiger charge is -2.58. The molecule has 3 saturated carbocycles. The predicted octanol–water partition coefficient (Wildman–Crippen LogP) is 8.15. The van der Waals surface area contributed by atoms with Crippen molar-refractivity contribution < 1.29 is 9.53 Å².